The van der Waals surface area contributed by atoms with Gasteiger partial charge in [0, 0.05) is 5.41 Å². The first-order valence-corrected chi connectivity index (χ1v) is 5.42. The predicted molar refractivity (Wildman–Crippen MR) is 62.5 cm³/mol. The van der Waals surface area contributed by atoms with Crippen LogP contribution in [0.4, 0.5) is 0 Å². The smallest absolute Gasteiger partial charge is 0.311 e. The number of carbonyl (C=O) groups is 1. The molecule has 0 aromatic heterocycles. The van der Waals surface area contributed by atoms with Crippen LogP contribution >= 0.6 is 0 Å². The SMILES string of the molecule is CC(C)(CO)C(=O)O.CCC(CO)(CO)CO. The quantitative estimate of drug-likeness (QED) is 0.433. The number of hydrogen-bond donors (Lipinski definition) is 5. The van der Waals surface area contributed by atoms with E-state index >= 15 is 0 Å². The van der Waals surface area contributed by atoms with E-state index in [9.17, 15) is 4.79 Å². The van der Waals surface area contributed by atoms with Gasteiger partial charge in [-0.3, -0.25) is 4.79 Å². The second-order valence-electron chi connectivity index (χ2n) is 4.68. The van der Waals surface area contributed by atoms with Crippen molar-refractivity contribution in [2.45, 2.75) is 27.2 Å². The van der Waals surface area contributed by atoms with Crippen LogP contribution in [-0.2, 0) is 4.79 Å². The molecular weight excluding hydrogens is 228 g/mol. The van der Waals surface area contributed by atoms with E-state index in [4.69, 9.17) is 25.5 Å². The summed E-state index contributed by atoms with van der Waals surface area (Å²) in [6.07, 6.45) is 0.594. The van der Waals surface area contributed by atoms with Crippen molar-refractivity contribution < 1.29 is 30.3 Å². The van der Waals surface area contributed by atoms with Crippen molar-refractivity contribution in [3.05, 3.63) is 0 Å². The lowest BCUT2D eigenvalue weighted by Gasteiger charge is -2.24. The second-order valence-corrected chi connectivity index (χ2v) is 4.68. The molecule has 0 saturated carbocycles. The summed E-state index contributed by atoms with van der Waals surface area (Å²) in [6.45, 7) is 3.97. The first kappa shape index (κ1) is 18.7. The Morgan fingerprint density at radius 3 is 1.29 bits per heavy atom. The fraction of sp³-hybridized carbons (Fsp3) is 0.909. The van der Waals surface area contributed by atoms with Crippen molar-refractivity contribution in [2.75, 3.05) is 26.4 Å². The molecule has 0 radical (unpaired) electrons. The second kappa shape index (κ2) is 8.41. The fourth-order valence-corrected chi connectivity index (χ4v) is 0.553. The minimum atomic E-state index is -0.986. The van der Waals surface area contributed by atoms with E-state index in [0.717, 1.165) is 0 Å². The zero-order valence-corrected chi connectivity index (χ0v) is 10.7. The topological polar surface area (TPSA) is 118 Å². The van der Waals surface area contributed by atoms with Gasteiger partial charge >= 0.3 is 5.97 Å². The van der Waals surface area contributed by atoms with Crippen LogP contribution in [-0.4, -0.2) is 57.9 Å². The molecule has 0 aromatic rings. The highest BCUT2D eigenvalue weighted by atomic mass is 16.4. The van der Waals surface area contributed by atoms with Crippen LogP contribution < -0.4 is 0 Å². The molecule has 0 aliphatic heterocycles. The Kier molecular flexibility index (Phi) is 9.23. The number of carboxylic acid groups (broad SMARTS) is 1. The highest BCUT2D eigenvalue weighted by molar-refractivity contribution is 5.73. The largest absolute Gasteiger partial charge is 0.481 e. The third-order valence-electron chi connectivity index (χ3n) is 2.73. The van der Waals surface area contributed by atoms with Crippen LogP contribution in [0.2, 0.25) is 0 Å². The Balaban J connectivity index is 0. The van der Waals surface area contributed by atoms with E-state index in [1.165, 1.54) is 13.8 Å². The normalized spacial score (nSPS) is 11.7. The Labute approximate surface area is 102 Å². The van der Waals surface area contributed by atoms with Crippen LogP contribution in [0.15, 0.2) is 0 Å². The van der Waals surface area contributed by atoms with Crippen LogP contribution in [0.3, 0.4) is 0 Å². The van der Waals surface area contributed by atoms with Gasteiger partial charge in [0.05, 0.1) is 31.8 Å². The van der Waals surface area contributed by atoms with Crippen molar-refractivity contribution in [2.24, 2.45) is 10.8 Å². The molecule has 0 aromatic carbocycles. The lowest BCUT2D eigenvalue weighted by molar-refractivity contribution is -0.148. The number of aliphatic hydroxyl groups excluding tert-OH is 4. The van der Waals surface area contributed by atoms with Crippen molar-refractivity contribution in [3.8, 4) is 0 Å². The summed E-state index contributed by atoms with van der Waals surface area (Å²) >= 11 is 0. The van der Waals surface area contributed by atoms with Gasteiger partial charge in [-0.25, -0.2) is 0 Å². The molecule has 0 amide bonds. The predicted octanol–water partition coefficient (Wildman–Crippen LogP) is -0.551. The summed E-state index contributed by atoms with van der Waals surface area (Å²) in [5, 5.41) is 42.6. The highest BCUT2D eigenvalue weighted by Gasteiger charge is 2.25. The average molecular weight is 252 g/mol. The highest BCUT2D eigenvalue weighted by Crippen LogP contribution is 2.18. The molecule has 0 saturated heterocycles. The van der Waals surface area contributed by atoms with Gasteiger partial charge in [0.25, 0.3) is 0 Å². The maximum Gasteiger partial charge on any atom is 0.311 e. The van der Waals surface area contributed by atoms with Crippen molar-refractivity contribution in [1.29, 1.82) is 0 Å². The molecule has 0 atom stereocenters. The number of aliphatic carboxylic acids is 1. The Hall–Kier alpha value is -0.690. The molecule has 0 spiro atoms. The minimum absolute atomic E-state index is 0.156. The minimum Gasteiger partial charge on any atom is -0.481 e. The van der Waals surface area contributed by atoms with Crippen LogP contribution in [0, 0.1) is 10.8 Å². The molecule has 104 valence electrons. The van der Waals surface area contributed by atoms with Gasteiger partial charge in [-0.2, -0.15) is 0 Å². The molecular formula is C11H24O6. The molecule has 6 heteroatoms. The standard InChI is InChI=1S/C6H14O3.C5H10O3/c1-2-6(3-7,4-8)5-9;1-5(2,3-6)4(7)8/h7-9H,2-5H2,1H3;6H,3H2,1-2H3,(H,7,8). The third kappa shape index (κ3) is 6.58. The summed E-state index contributed by atoms with van der Waals surface area (Å²) in [4.78, 5) is 10.1. The van der Waals surface area contributed by atoms with Gasteiger partial charge in [0.15, 0.2) is 0 Å². The number of hydrogen-bond acceptors (Lipinski definition) is 5. The fourth-order valence-electron chi connectivity index (χ4n) is 0.553. The van der Waals surface area contributed by atoms with Gasteiger partial charge in [-0.05, 0) is 20.3 Å². The van der Waals surface area contributed by atoms with E-state index < -0.39 is 16.8 Å². The zero-order chi connectivity index (χ0) is 14.1. The van der Waals surface area contributed by atoms with Gasteiger partial charge in [0.1, 0.15) is 0 Å². The molecule has 0 rings (SSSR count). The first-order valence-electron chi connectivity index (χ1n) is 5.42. The molecule has 0 aliphatic rings. The monoisotopic (exact) mass is 252 g/mol. The van der Waals surface area contributed by atoms with Crippen LogP contribution in [0.1, 0.15) is 27.2 Å². The number of rotatable bonds is 6. The molecule has 0 bridgehead atoms. The molecule has 0 fully saturated rings. The molecule has 6 nitrogen and oxygen atoms in total. The Morgan fingerprint density at radius 2 is 1.29 bits per heavy atom. The van der Waals surface area contributed by atoms with Crippen LogP contribution in [0.5, 0.6) is 0 Å². The molecule has 0 aliphatic carbocycles. The first-order chi connectivity index (χ1) is 7.75. The maximum atomic E-state index is 10.1. The van der Waals surface area contributed by atoms with Gasteiger partial charge in [-0.1, -0.05) is 6.92 Å². The van der Waals surface area contributed by atoms with Crippen molar-refractivity contribution in [3.63, 3.8) is 0 Å². The summed E-state index contributed by atoms with van der Waals surface area (Å²) < 4.78 is 0. The van der Waals surface area contributed by atoms with Gasteiger partial charge in [0.2, 0.25) is 0 Å². The summed E-state index contributed by atoms with van der Waals surface area (Å²) in [7, 11) is 0. The van der Waals surface area contributed by atoms with E-state index in [0.29, 0.717) is 6.42 Å². The molecule has 17 heavy (non-hydrogen) atoms. The number of carboxylic acids is 1. The molecule has 5 N–H and O–H groups in total. The zero-order valence-electron chi connectivity index (χ0n) is 10.7. The Bertz CT molecular complexity index is 192. The number of aliphatic hydroxyl groups is 4. The van der Waals surface area contributed by atoms with Crippen molar-refractivity contribution >= 4 is 5.97 Å². The lowest BCUT2D eigenvalue weighted by Crippen LogP contribution is -2.32. The van der Waals surface area contributed by atoms with Gasteiger partial charge < -0.3 is 25.5 Å². The molecule has 0 unspecified atom stereocenters. The third-order valence-corrected chi connectivity index (χ3v) is 2.73. The van der Waals surface area contributed by atoms with E-state index in [2.05, 4.69) is 0 Å². The van der Waals surface area contributed by atoms with E-state index in [-0.39, 0.29) is 26.4 Å². The van der Waals surface area contributed by atoms with Gasteiger partial charge in [-0.15, -0.1) is 0 Å². The summed E-state index contributed by atoms with van der Waals surface area (Å²) in [5.74, 6) is -0.972. The summed E-state index contributed by atoms with van der Waals surface area (Å²) in [6, 6.07) is 0. The Morgan fingerprint density at radius 1 is 0.941 bits per heavy atom. The summed E-state index contributed by atoms with van der Waals surface area (Å²) in [5.41, 5.74) is -1.65. The lowest BCUT2D eigenvalue weighted by atomic mass is 9.88. The molecule has 0 heterocycles. The average Bonchev–Trinajstić information content (AvgIpc) is 2.33. The maximum absolute atomic E-state index is 10.1. The van der Waals surface area contributed by atoms with E-state index in [1.807, 2.05) is 6.92 Å². The van der Waals surface area contributed by atoms with Crippen LogP contribution in [0.25, 0.3) is 0 Å². The van der Waals surface area contributed by atoms with Crippen molar-refractivity contribution in [1.82, 2.24) is 0 Å². The van der Waals surface area contributed by atoms with E-state index in [1.54, 1.807) is 0 Å².